The third-order valence-corrected chi connectivity index (χ3v) is 4.49. The molecule has 3 aliphatic heterocycles. The van der Waals surface area contributed by atoms with Gasteiger partial charge >= 0.3 is 5.97 Å². The van der Waals surface area contributed by atoms with Crippen LogP contribution in [0.5, 0.6) is 0 Å². The van der Waals surface area contributed by atoms with Crippen molar-refractivity contribution in [2.24, 2.45) is 5.92 Å². The maximum Gasteiger partial charge on any atom is 0.317 e. The Morgan fingerprint density at radius 2 is 1.95 bits per heavy atom. The number of hydrogen-bond donors (Lipinski definition) is 1. The van der Waals surface area contributed by atoms with Crippen molar-refractivity contribution in [3.05, 3.63) is 35.9 Å². The molecule has 0 radical (unpaired) electrons. The Morgan fingerprint density at radius 3 is 2.70 bits per heavy atom. The van der Waals surface area contributed by atoms with Gasteiger partial charge in [-0.05, 0) is 24.3 Å². The highest BCUT2D eigenvalue weighted by Gasteiger charge is 2.35. The maximum absolute atomic E-state index is 10.9. The van der Waals surface area contributed by atoms with E-state index in [-0.39, 0.29) is 6.54 Å². The molecule has 1 N–H and O–H groups in total. The molecule has 4 heteroatoms. The highest BCUT2D eigenvalue weighted by molar-refractivity contribution is 5.69. The Balaban J connectivity index is 1.67. The van der Waals surface area contributed by atoms with Gasteiger partial charge in [-0.25, -0.2) is 0 Å². The number of carbonyl (C=O) groups is 1. The van der Waals surface area contributed by atoms with Gasteiger partial charge in [0.25, 0.3) is 0 Å². The Labute approximate surface area is 120 Å². The van der Waals surface area contributed by atoms with Gasteiger partial charge in [-0.3, -0.25) is 14.6 Å². The number of hydrogen-bond acceptors (Lipinski definition) is 3. The second-order valence-corrected chi connectivity index (χ2v) is 6.10. The van der Waals surface area contributed by atoms with Crippen LogP contribution in [0.4, 0.5) is 0 Å². The summed E-state index contributed by atoms with van der Waals surface area (Å²) in [5.74, 6) is -0.0854. The van der Waals surface area contributed by atoms with Crippen molar-refractivity contribution in [3.8, 4) is 0 Å². The smallest absolute Gasteiger partial charge is 0.317 e. The molecule has 0 aliphatic carbocycles. The fourth-order valence-corrected chi connectivity index (χ4v) is 3.61. The summed E-state index contributed by atoms with van der Waals surface area (Å²) in [6, 6.07) is 11.1. The van der Waals surface area contributed by atoms with Crippen molar-refractivity contribution in [1.82, 2.24) is 9.80 Å². The summed E-state index contributed by atoms with van der Waals surface area (Å²) in [5.41, 5.74) is 1.35. The minimum atomic E-state index is -0.707. The Morgan fingerprint density at radius 1 is 1.15 bits per heavy atom. The number of fused-ring (bicyclic) bond motifs is 4. The van der Waals surface area contributed by atoms with Gasteiger partial charge in [0.05, 0.1) is 6.54 Å². The van der Waals surface area contributed by atoms with Crippen molar-refractivity contribution in [2.75, 3.05) is 26.2 Å². The van der Waals surface area contributed by atoms with Gasteiger partial charge in [0.15, 0.2) is 0 Å². The lowest BCUT2D eigenvalue weighted by Gasteiger charge is -2.36. The van der Waals surface area contributed by atoms with Crippen molar-refractivity contribution in [3.63, 3.8) is 0 Å². The van der Waals surface area contributed by atoms with Gasteiger partial charge in [-0.15, -0.1) is 0 Å². The molecule has 3 saturated heterocycles. The van der Waals surface area contributed by atoms with Crippen LogP contribution < -0.4 is 0 Å². The molecule has 0 aromatic heterocycles. The van der Waals surface area contributed by atoms with Crippen LogP contribution in [0.2, 0.25) is 0 Å². The molecule has 3 fully saturated rings. The molecule has 1 aromatic carbocycles. The molecule has 0 unspecified atom stereocenters. The molecular formula is C16H22N2O2. The molecule has 2 bridgehead atoms. The highest BCUT2D eigenvalue weighted by Crippen LogP contribution is 2.29. The van der Waals surface area contributed by atoms with Crippen molar-refractivity contribution in [2.45, 2.75) is 25.4 Å². The normalized spacial score (nSPS) is 27.4. The Bertz CT molecular complexity index is 463. The fraction of sp³-hybridized carbons (Fsp3) is 0.562. The Kier molecular flexibility index (Phi) is 4.03. The van der Waals surface area contributed by atoms with Gasteiger partial charge < -0.3 is 5.11 Å². The second kappa shape index (κ2) is 5.94. The molecule has 4 nitrogen and oxygen atoms in total. The van der Waals surface area contributed by atoms with E-state index in [9.17, 15) is 4.79 Å². The lowest BCUT2D eigenvalue weighted by atomic mass is 9.94. The van der Waals surface area contributed by atoms with Gasteiger partial charge in [0, 0.05) is 32.2 Å². The average molecular weight is 274 g/mol. The van der Waals surface area contributed by atoms with Crippen molar-refractivity contribution >= 4 is 5.97 Å². The van der Waals surface area contributed by atoms with Crippen molar-refractivity contribution in [1.29, 1.82) is 0 Å². The zero-order valence-electron chi connectivity index (χ0n) is 11.7. The largest absolute Gasteiger partial charge is 0.480 e. The third kappa shape index (κ3) is 3.19. The number of rotatable bonds is 4. The zero-order valence-corrected chi connectivity index (χ0v) is 11.7. The first kappa shape index (κ1) is 13.6. The molecule has 108 valence electrons. The standard InChI is InChI=1S/C16H22N2O2/c19-16(20)12-17-8-14-6-7-15(11-17)18(10-14)9-13-4-2-1-3-5-13/h1-5,14-15H,6-12H2,(H,19,20)/t14-,15+/m0/s1. The van der Waals surface area contributed by atoms with Crippen LogP contribution in [0.25, 0.3) is 0 Å². The average Bonchev–Trinajstić information content (AvgIpc) is 2.69. The van der Waals surface area contributed by atoms with E-state index in [0.717, 1.165) is 26.2 Å². The molecule has 0 spiro atoms. The predicted octanol–water partition coefficient (Wildman–Crippen LogP) is 1.67. The quantitative estimate of drug-likeness (QED) is 0.907. The van der Waals surface area contributed by atoms with E-state index < -0.39 is 5.97 Å². The van der Waals surface area contributed by atoms with Crippen LogP contribution in [-0.2, 0) is 11.3 Å². The number of nitrogens with zero attached hydrogens (tertiary/aromatic N) is 2. The first-order valence-corrected chi connectivity index (χ1v) is 7.43. The van der Waals surface area contributed by atoms with E-state index in [2.05, 4.69) is 34.1 Å². The molecular weight excluding hydrogens is 252 g/mol. The van der Waals surface area contributed by atoms with Gasteiger partial charge in [0.2, 0.25) is 0 Å². The summed E-state index contributed by atoms with van der Waals surface area (Å²) in [6.45, 7) is 4.12. The predicted molar refractivity (Wildman–Crippen MR) is 77.4 cm³/mol. The number of benzene rings is 1. The maximum atomic E-state index is 10.9. The minimum Gasteiger partial charge on any atom is -0.480 e. The molecule has 0 saturated carbocycles. The summed E-state index contributed by atoms with van der Waals surface area (Å²) < 4.78 is 0. The number of carboxylic acid groups (broad SMARTS) is 1. The van der Waals surface area contributed by atoms with Crippen LogP contribution in [0.3, 0.4) is 0 Å². The monoisotopic (exact) mass is 274 g/mol. The summed E-state index contributed by atoms with van der Waals surface area (Å²) in [4.78, 5) is 15.6. The van der Waals surface area contributed by atoms with E-state index in [1.54, 1.807) is 0 Å². The van der Waals surface area contributed by atoms with Crippen LogP contribution in [0.15, 0.2) is 30.3 Å². The number of aliphatic carboxylic acids is 1. The minimum absolute atomic E-state index is 0.187. The van der Waals surface area contributed by atoms with Crippen LogP contribution in [0.1, 0.15) is 18.4 Å². The van der Waals surface area contributed by atoms with Crippen LogP contribution in [-0.4, -0.2) is 53.1 Å². The number of carboxylic acids is 1. The molecule has 1 aromatic rings. The summed E-state index contributed by atoms with van der Waals surface area (Å²) in [5, 5.41) is 9.00. The van der Waals surface area contributed by atoms with E-state index in [4.69, 9.17) is 5.11 Å². The molecule has 2 atom stereocenters. The Hall–Kier alpha value is -1.39. The van der Waals surface area contributed by atoms with Crippen molar-refractivity contribution < 1.29 is 9.90 Å². The SMILES string of the molecule is O=C(O)CN1C[C@@H]2CC[C@H](C1)N(Cc1ccccc1)C2. The van der Waals surface area contributed by atoms with E-state index >= 15 is 0 Å². The summed E-state index contributed by atoms with van der Waals surface area (Å²) in [6.07, 6.45) is 2.44. The fourth-order valence-electron chi connectivity index (χ4n) is 3.61. The molecule has 3 aliphatic rings. The van der Waals surface area contributed by atoms with Gasteiger partial charge in [-0.2, -0.15) is 0 Å². The van der Waals surface area contributed by atoms with Gasteiger partial charge in [0.1, 0.15) is 0 Å². The first-order valence-electron chi connectivity index (χ1n) is 7.43. The van der Waals surface area contributed by atoms with Gasteiger partial charge in [-0.1, -0.05) is 30.3 Å². The lowest BCUT2D eigenvalue weighted by molar-refractivity contribution is -0.138. The van der Waals surface area contributed by atoms with Crippen LogP contribution >= 0.6 is 0 Å². The molecule has 4 rings (SSSR count). The highest BCUT2D eigenvalue weighted by atomic mass is 16.4. The van der Waals surface area contributed by atoms with Crippen LogP contribution in [0, 0.1) is 5.92 Å². The molecule has 0 amide bonds. The summed E-state index contributed by atoms with van der Waals surface area (Å²) in [7, 11) is 0. The third-order valence-electron chi connectivity index (χ3n) is 4.49. The zero-order chi connectivity index (χ0) is 13.9. The van der Waals surface area contributed by atoms with E-state index in [1.807, 2.05) is 6.07 Å². The van der Waals surface area contributed by atoms with E-state index in [0.29, 0.717) is 12.0 Å². The first-order chi connectivity index (χ1) is 9.70. The number of piperidine rings is 1. The summed E-state index contributed by atoms with van der Waals surface area (Å²) >= 11 is 0. The topological polar surface area (TPSA) is 43.8 Å². The lowest BCUT2D eigenvalue weighted by Crippen LogP contribution is -2.43. The second-order valence-electron chi connectivity index (χ2n) is 6.10. The molecule has 3 heterocycles. The van der Waals surface area contributed by atoms with E-state index in [1.165, 1.54) is 18.4 Å². The molecule has 20 heavy (non-hydrogen) atoms.